The van der Waals surface area contributed by atoms with Gasteiger partial charge in [-0.2, -0.15) is 0 Å². The molecule has 0 fully saturated rings. The van der Waals surface area contributed by atoms with E-state index >= 15 is 0 Å². The maximum absolute atomic E-state index is 12.0. The number of rotatable bonds is 4. The second kappa shape index (κ2) is 6.15. The first kappa shape index (κ1) is 15.3. The number of sulfone groups is 1. The van der Waals surface area contributed by atoms with E-state index in [9.17, 15) is 13.2 Å². The standard InChI is InChI=1S/C14H13ClN2O3S/c15-12-7-6-10(8-13(12)16)17-14(18)9-21(19,20)11-4-2-1-3-5-11/h1-8H,9,16H2,(H,17,18). The zero-order chi connectivity index (χ0) is 15.5. The lowest BCUT2D eigenvalue weighted by molar-refractivity contribution is -0.113. The van der Waals surface area contributed by atoms with Crippen molar-refractivity contribution in [1.29, 1.82) is 0 Å². The average Bonchev–Trinajstić information content (AvgIpc) is 2.43. The molecule has 7 heteroatoms. The van der Waals surface area contributed by atoms with Gasteiger partial charge in [0, 0.05) is 5.69 Å². The zero-order valence-electron chi connectivity index (χ0n) is 10.9. The van der Waals surface area contributed by atoms with Crippen LogP contribution in [0.3, 0.4) is 0 Å². The van der Waals surface area contributed by atoms with Crippen LogP contribution in [0.15, 0.2) is 53.4 Å². The van der Waals surface area contributed by atoms with E-state index in [2.05, 4.69) is 5.32 Å². The summed E-state index contributed by atoms with van der Waals surface area (Å²) in [5.41, 5.74) is 6.31. The van der Waals surface area contributed by atoms with Crippen LogP contribution < -0.4 is 11.1 Å². The molecule has 1 amide bonds. The molecular formula is C14H13ClN2O3S. The van der Waals surface area contributed by atoms with Gasteiger partial charge in [0.25, 0.3) is 0 Å². The van der Waals surface area contributed by atoms with Crippen molar-refractivity contribution in [1.82, 2.24) is 0 Å². The van der Waals surface area contributed by atoms with E-state index in [0.717, 1.165) is 0 Å². The van der Waals surface area contributed by atoms with Crippen LogP contribution in [0.1, 0.15) is 0 Å². The molecule has 110 valence electrons. The van der Waals surface area contributed by atoms with Crippen molar-refractivity contribution in [2.75, 3.05) is 16.8 Å². The number of nitrogens with one attached hydrogen (secondary N) is 1. The lowest BCUT2D eigenvalue weighted by Gasteiger charge is -2.07. The Morgan fingerprint density at radius 3 is 2.43 bits per heavy atom. The van der Waals surface area contributed by atoms with Gasteiger partial charge < -0.3 is 11.1 Å². The first-order chi connectivity index (χ1) is 9.88. The lowest BCUT2D eigenvalue weighted by Crippen LogP contribution is -2.23. The van der Waals surface area contributed by atoms with Crippen molar-refractivity contribution in [2.45, 2.75) is 4.90 Å². The Morgan fingerprint density at radius 1 is 1.14 bits per heavy atom. The highest BCUT2D eigenvalue weighted by molar-refractivity contribution is 7.92. The van der Waals surface area contributed by atoms with Gasteiger partial charge in [-0.1, -0.05) is 29.8 Å². The van der Waals surface area contributed by atoms with Crippen LogP contribution >= 0.6 is 11.6 Å². The van der Waals surface area contributed by atoms with Crippen LogP contribution in [-0.4, -0.2) is 20.1 Å². The Hall–Kier alpha value is -2.05. The molecule has 0 saturated heterocycles. The van der Waals surface area contributed by atoms with Crippen molar-refractivity contribution >= 4 is 38.7 Å². The van der Waals surface area contributed by atoms with Gasteiger partial charge in [0.15, 0.2) is 9.84 Å². The molecule has 5 nitrogen and oxygen atoms in total. The minimum absolute atomic E-state index is 0.107. The summed E-state index contributed by atoms with van der Waals surface area (Å²) in [6.07, 6.45) is 0. The number of anilines is 2. The highest BCUT2D eigenvalue weighted by Crippen LogP contribution is 2.22. The fourth-order valence-corrected chi connectivity index (χ4v) is 2.98. The van der Waals surface area contributed by atoms with E-state index in [0.29, 0.717) is 16.4 Å². The van der Waals surface area contributed by atoms with Gasteiger partial charge in [0.2, 0.25) is 5.91 Å². The van der Waals surface area contributed by atoms with Crippen molar-refractivity contribution in [3.63, 3.8) is 0 Å². The van der Waals surface area contributed by atoms with Gasteiger partial charge in [-0.25, -0.2) is 8.42 Å². The molecule has 0 spiro atoms. The number of hydrogen-bond donors (Lipinski definition) is 2. The van der Waals surface area contributed by atoms with Crippen molar-refractivity contribution < 1.29 is 13.2 Å². The van der Waals surface area contributed by atoms with E-state index in [1.807, 2.05) is 0 Å². The van der Waals surface area contributed by atoms with Crippen molar-refractivity contribution in [2.24, 2.45) is 0 Å². The van der Waals surface area contributed by atoms with Crippen LogP contribution in [0, 0.1) is 0 Å². The topological polar surface area (TPSA) is 89.3 Å². The molecule has 0 aliphatic rings. The van der Waals surface area contributed by atoms with E-state index in [4.69, 9.17) is 17.3 Å². The Balaban J connectivity index is 2.10. The highest BCUT2D eigenvalue weighted by Gasteiger charge is 2.19. The van der Waals surface area contributed by atoms with E-state index in [1.165, 1.54) is 24.3 Å². The Bertz CT molecular complexity index is 761. The number of carbonyl (C=O) groups excluding carboxylic acids is 1. The molecule has 2 aromatic carbocycles. The third kappa shape index (κ3) is 3.96. The third-order valence-corrected chi connectivity index (χ3v) is 4.68. The van der Waals surface area contributed by atoms with E-state index < -0.39 is 21.5 Å². The molecule has 0 bridgehead atoms. The first-order valence-corrected chi connectivity index (χ1v) is 8.04. The normalized spacial score (nSPS) is 11.1. The Morgan fingerprint density at radius 2 is 1.81 bits per heavy atom. The number of hydrogen-bond acceptors (Lipinski definition) is 4. The molecule has 2 rings (SSSR count). The molecule has 21 heavy (non-hydrogen) atoms. The monoisotopic (exact) mass is 324 g/mol. The first-order valence-electron chi connectivity index (χ1n) is 6.01. The number of halogens is 1. The van der Waals surface area contributed by atoms with Gasteiger partial charge in [0.05, 0.1) is 15.6 Å². The SMILES string of the molecule is Nc1cc(NC(=O)CS(=O)(=O)c2ccccc2)ccc1Cl. The van der Waals surface area contributed by atoms with Gasteiger partial charge >= 0.3 is 0 Å². The van der Waals surface area contributed by atoms with E-state index in [-0.39, 0.29) is 4.90 Å². The average molecular weight is 325 g/mol. The summed E-state index contributed by atoms with van der Waals surface area (Å²) < 4.78 is 24.1. The highest BCUT2D eigenvalue weighted by atomic mass is 35.5. The molecule has 0 unspecified atom stereocenters. The number of benzene rings is 2. The molecule has 0 aliphatic carbocycles. The van der Waals surface area contributed by atoms with Crippen LogP contribution in [0.2, 0.25) is 5.02 Å². The molecule has 0 atom stereocenters. The second-order valence-corrected chi connectivity index (χ2v) is 6.75. The van der Waals surface area contributed by atoms with Crippen LogP contribution in [0.25, 0.3) is 0 Å². The van der Waals surface area contributed by atoms with Crippen molar-refractivity contribution in [3.8, 4) is 0 Å². The largest absolute Gasteiger partial charge is 0.397 e. The number of amides is 1. The molecular weight excluding hydrogens is 312 g/mol. The molecule has 3 N–H and O–H groups in total. The fraction of sp³-hybridized carbons (Fsp3) is 0.0714. The minimum atomic E-state index is -3.67. The summed E-state index contributed by atoms with van der Waals surface area (Å²) in [5.74, 6) is -1.28. The molecule has 0 radical (unpaired) electrons. The third-order valence-electron chi connectivity index (χ3n) is 2.70. The smallest absolute Gasteiger partial charge is 0.239 e. The van der Waals surface area contributed by atoms with Gasteiger partial charge in [-0.3, -0.25) is 4.79 Å². The molecule has 0 heterocycles. The van der Waals surface area contributed by atoms with Gasteiger partial charge in [-0.15, -0.1) is 0 Å². The Kier molecular flexibility index (Phi) is 4.50. The summed E-state index contributed by atoms with van der Waals surface area (Å²) >= 11 is 5.77. The number of nitrogen functional groups attached to an aromatic ring is 1. The predicted molar refractivity (Wildman–Crippen MR) is 83.0 cm³/mol. The van der Waals surface area contributed by atoms with Gasteiger partial charge in [-0.05, 0) is 30.3 Å². The molecule has 2 aromatic rings. The lowest BCUT2D eigenvalue weighted by atomic mass is 10.3. The Labute approximate surface area is 127 Å². The number of carbonyl (C=O) groups is 1. The van der Waals surface area contributed by atoms with Crippen LogP contribution in [-0.2, 0) is 14.6 Å². The summed E-state index contributed by atoms with van der Waals surface area (Å²) in [5, 5.41) is 2.84. The summed E-state index contributed by atoms with van der Waals surface area (Å²) in [7, 11) is -3.67. The van der Waals surface area contributed by atoms with Crippen molar-refractivity contribution in [3.05, 3.63) is 53.6 Å². The molecule has 0 aromatic heterocycles. The van der Waals surface area contributed by atoms with Crippen LogP contribution in [0.4, 0.5) is 11.4 Å². The van der Waals surface area contributed by atoms with Crippen LogP contribution in [0.5, 0.6) is 0 Å². The molecule has 0 saturated carbocycles. The minimum Gasteiger partial charge on any atom is -0.397 e. The quantitative estimate of drug-likeness (QED) is 0.845. The zero-order valence-corrected chi connectivity index (χ0v) is 12.5. The second-order valence-electron chi connectivity index (χ2n) is 4.36. The number of nitrogens with two attached hydrogens (primary N) is 1. The maximum atomic E-state index is 12.0. The maximum Gasteiger partial charge on any atom is 0.239 e. The van der Waals surface area contributed by atoms with Gasteiger partial charge in [0.1, 0.15) is 5.75 Å². The van der Waals surface area contributed by atoms with E-state index in [1.54, 1.807) is 24.3 Å². The fourth-order valence-electron chi connectivity index (χ4n) is 1.70. The molecule has 0 aliphatic heterocycles. The summed E-state index contributed by atoms with van der Waals surface area (Å²) in [6, 6.07) is 12.3. The summed E-state index contributed by atoms with van der Waals surface area (Å²) in [6.45, 7) is 0. The predicted octanol–water partition coefficient (Wildman–Crippen LogP) is 2.33. The summed E-state index contributed by atoms with van der Waals surface area (Å²) in [4.78, 5) is 11.9.